The number of hydrogen-bond acceptors (Lipinski definition) is 1. The second-order valence-electron chi connectivity index (χ2n) is 6.16. The maximum absolute atomic E-state index is 3.67. The van der Waals surface area contributed by atoms with Crippen molar-refractivity contribution in [2.45, 2.75) is 53.0 Å². The zero-order valence-corrected chi connectivity index (χ0v) is 10.5. The van der Waals surface area contributed by atoms with Gasteiger partial charge in [-0.05, 0) is 42.9 Å². The van der Waals surface area contributed by atoms with E-state index in [0.29, 0.717) is 16.9 Å². The standard InChI is InChI=1S/C14H23N/c1-5-6-9-15-12-13(2,3)11-7-8-14(12,4)10-11/h11-12,15H,7-10H2,1-4H3. The molecule has 15 heavy (non-hydrogen) atoms. The first-order valence-electron chi connectivity index (χ1n) is 6.14. The maximum atomic E-state index is 3.67. The minimum Gasteiger partial charge on any atom is -0.302 e. The molecule has 2 bridgehead atoms. The van der Waals surface area contributed by atoms with Gasteiger partial charge in [-0.3, -0.25) is 0 Å². The van der Waals surface area contributed by atoms with Crippen molar-refractivity contribution in [2.75, 3.05) is 6.54 Å². The van der Waals surface area contributed by atoms with Crippen molar-refractivity contribution in [3.05, 3.63) is 0 Å². The molecule has 0 aromatic rings. The summed E-state index contributed by atoms with van der Waals surface area (Å²) < 4.78 is 0. The fourth-order valence-corrected chi connectivity index (χ4v) is 4.05. The molecule has 1 nitrogen and oxygen atoms in total. The van der Waals surface area contributed by atoms with Crippen LogP contribution in [0.5, 0.6) is 0 Å². The van der Waals surface area contributed by atoms with E-state index in [1.54, 1.807) is 0 Å². The molecule has 2 fully saturated rings. The summed E-state index contributed by atoms with van der Waals surface area (Å²) in [5.41, 5.74) is 0.992. The van der Waals surface area contributed by atoms with Gasteiger partial charge in [-0.25, -0.2) is 0 Å². The van der Waals surface area contributed by atoms with E-state index in [0.717, 1.165) is 12.5 Å². The Morgan fingerprint density at radius 3 is 2.60 bits per heavy atom. The second-order valence-corrected chi connectivity index (χ2v) is 6.16. The zero-order chi connectivity index (χ0) is 11.1. The fourth-order valence-electron chi connectivity index (χ4n) is 4.05. The van der Waals surface area contributed by atoms with E-state index < -0.39 is 0 Å². The molecule has 3 atom stereocenters. The average molecular weight is 205 g/mol. The van der Waals surface area contributed by atoms with Crippen molar-refractivity contribution in [3.63, 3.8) is 0 Å². The molecule has 2 saturated carbocycles. The van der Waals surface area contributed by atoms with Crippen molar-refractivity contribution in [2.24, 2.45) is 16.7 Å². The lowest BCUT2D eigenvalue weighted by Crippen LogP contribution is -2.50. The first kappa shape index (κ1) is 11.0. The van der Waals surface area contributed by atoms with Crippen LogP contribution in [0.15, 0.2) is 0 Å². The SMILES string of the molecule is CC#CCNC1C2(C)CCC(C2)C1(C)C. The molecule has 0 aromatic heterocycles. The number of hydrogen-bond donors (Lipinski definition) is 1. The van der Waals surface area contributed by atoms with E-state index in [4.69, 9.17) is 0 Å². The van der Waals surface area contributed by atoms with Crippen molar-refractivity contribution < 1.29 is 0 Å². The summed E-state index contributed by atoms with van der Waals surface area (Å²) in [6.45, 7) is 10.1. The Morgan fingerprint density at radius 1 is 1.33 bits per heavy atom. The van der Waals surface area contributed by atoms with Gasteiger partial charge >= 0.3 is 0 Å². The normalized spacial score (nSPS) is 41.3. The third kappa shape index (κ3) is 1.60. The van der Waals surface area contributed by atoms with Gasteiger partial charge in [0.1, 0.15) is 0 Å². The fraction of sp³-hybridized carbons (Fsp3) is 0.857. The molecule has 2 rings (SSSR count). The Hall–Kier alpha value is -0.480. The molecule has 1 N–H and O–H groups in total. The van der Waals surface area contributed by atoms with Crippen LogP contribution < -0.4 is 5.32 Å². The van der Waals surface area contributed by atoms with Crippen LogP contribution in [0.25, 0.3) is 0 Å². The van der Waals surface area contributed by atoms with E-state index in [2.05, 4.69) is 37.9 Å². The van der Waals surface area contributed by atoms with Gasteiger partial charge in [0.2, 0.25) is 0 Å². The van der Waals surface area contributed by atoms with Crippen LogP contribution in [0.1, 0.15) is 47.0 Å². The molecule has 0 heterocycles. The molecule has 0 spiro atoms. The minimum atomic E-state index is 0.461. The third-order valence-corrected chi connectivity index (χ3v) is 4.84. The summed E-state index contributed by atoms with van der Waals surface area (Å²) in [6, 6.07) is 0.657. The number of fused-ring (bicyclic) bond motifs is 2. The Labute approximate surface area is 94.0 Å². The van der Waals surface area contributed by atoms with E-state index in [1.165, 1.54) is 19.3 Å². The van der Waals surface area contributed by atoms with Crippen molar-refractivity contribution in [3.8, 4) is 11.8 Å². The molecular formula is C14H23N. The smallest absolute Gasteiger partial charge is 0.0578 e. The van der Waals surface area contributed by atoms with Crippen molar-refractivity contribution in [1.82, 2.24) is 5.32 Å². The minimum absolute atomic E-state index is 0.461. The molecule has 0 radical (unpaired) electrons. The lowest BCUT2D eigenvalue weighted by Gasteiger charge is -2.43. The summed E-state index contributed by atoms with van der Waals surface area (Å²) in [7, 11) is 0. The summed E-state index contributed by atoms with van der Waals surface area (Å²) in [5, 5.41) is 3.67. The maximum Gasteiger partial charge on any atom is 0.0578 e. The van der Waals surface area contributed by atoms with E-state index >= 15 is 0 Å². The van der Waals surface area contributed by atoms with Gasteiger partial charge in [0.15, 0.2) is 0 Å². The van der Waals surface area contributed by atoms with Crippen LogP contribution >= 0.6 is 0 Å². The highest BCUT2D eigenvalue weighted by Crippen LogP contribution is 2.62. The van der Waals surface area contributed by atoms with Crippen molar-refractivity contribution in [1.29, 1.82) is 0 Å². The van der Waals surface area contributed by atoms with Crippen LogP contribution in [0.2, 0.25) is 0 Å². The summed E-state index contributed by atoms with van der Waals surface area (Å²) in [4.78, 5) is 0. The molecule has 0 amide bonds. The lowest BCUT2D eigenvalue weighted by molar-refractivity contribution is 0.113. The highest BCUT2D eigenvalue weighted by molar-refractivity contribution is 5.13. The molecule has 2 aliphatic rings. The Morgan fingerprint density at radius 2 is 2.07 bits per heavy atom. The van der Waals surface area contributed by atoms with Crippen LogP contribution in [-0.4, -0.2) is 12.6 Å². The predicted octanol–water partition coefficient (Wildman–Crippen LogP) is 2.81. The van der Waals surface area contributed by atoms with E-state index in [9.17, 15) is 0 Å². The van der Waals surface area contributed by atoms with Crippen LogP contribution in [0.3, 0.4) is 0 Å². The topological polar surface area (TPSA) is 12.0 Å². The number of nitrogens with one attached hydrogen (secondary N) is 1. The summed E-state index contributed by atoms with van der Waals surface area (Å²) in [6.07, 6.45) is 4.25. The molecule has 3 unspecified atom stereocenters. The Bertz CT molecular complexity index is 302. The van der Waals surface area contributed by atoms with Gasteiger partial charge < -0.3 is 5.32 Å². The Balaban J connectivity index is 2.11. The van der Waals surface area contributed by atoms with Crippen molar-refractivity contribution >= 4 is 0 Å². The van der Waals surface area contributed by atoms with Crippen LogP contribution in [0.4, 0.5) is 0 Å². The molecular weight excluding hydrogens is 182 g/mol. The molecule has 0 aromatic carbocycles. The van der Waals surface area contributed by atoms with Gasteiger partial charge in [0.25, 0.3) is 0 Å². The summed E-state index contributed by atoms with van der Waals surface area (Å²) in [5.74, 6) is 7.02. The zero-order valence-electron chi connectivity index (χ0n) is 10.5. The average Bonchev–Trinajstić information content (AvgIpc) is 2.62. The monoisotopic (exact) mass is 205 g/mol. The van der Waals surface area contributed by atoms with E-state index in [-0.39, 0.29) is 0 Å². The Kier molecular flexibility index (Phi) is 2.59. The largest absolute Gasteiger partial charge is 0.302 e. The van der Waals surface area contributed by atoms with Gasteiger partial charge in [-0.1, -0.05) is 26.7 Å². The number of rotatable bonds is 2. The van der Waals surface area contributed by atoms with Gasteiger partial charge in [0, 0.05) is 6.04 Å². The molecule has 0 aliphatic heterocycles. The van der Waals surface area contributed by atoms with Gasteiger partial charge in [-0.2, -0.15) is 0 Å². The van der Waals surface area contributed by atoms with E-state index in [1.807, 2.05) is 6.92 Å². The third-order valence-electron chi connectivity index (χ3n) is 4.84. The second kappa shape index (κ2) is 3.52. The van der Waals surface area contributed by atoms with Gasteiger partial charge in [-0.15, -0.1) is 5.92 Å². The lowest BCUT2D eigenvalue weighted by atomic mass is 9.68. The van der Waals surface area contributed by atoms with Crippen LogP contribution in [-0.2, 0) is 0 Å². The quantitative estimate of drug-likeness (QED) is 0.684. The first-order valence-corrected chi connectivity index (χ1v) is 6.14. The first-order chi connectivity index (χ1) is 7.00. The molecule has 0 saturated heterocycles. The summed E-state index contributed by atoms with van der Waals surface area (Å²) >= 11 is 0. The van der Waals surface area contributed by atoms with Gasteiger partial charge in [0.05, 0.1) is 6.54 Å². The predicted molar refractivity (Wildman–Crippen MR) is 64.5 cm³/mol. The van der Waals surface area contributed by atoms with Crippen LogP contribution in [0, 0.1) is 28.6 Å². The highest BCUT2D eigenvalue weighted by Gasteiger charge is 2.58. The molecule has 2 aliphatic carbocycles. The highest BCUT2D eigenvalue weighted by atomic mass is 15.0. The molecule has 84 valence electrons. The molecule has 1 heteroatoms.